The zero-order chi connectivity index (χ0) is 12.0. The highest BCUT2D eigenvalue weighted by Crippen LogP contribution is 2.20. The fourth-order valence-electron chi connectivity index (χ4n) is 1.46. The molecule has 2 nitrogen and oxygen atoms in total. The maximum absolute atomic E-state index is 13.4. The van der Waals surface area contributed by atoms with Gasteiger partial charge in [-0.15, -0.1) is 11.8 Å². The van der Waals surface area contributed by atoms with Crippen LogP contribution in [0, 0.1) is 5.82 Å². The topological polar surface area (TPSA) is 37.3 Å². The Balaban J connectivity index is 2.49. The average Bonchev–Trinajstić information content (AvgIpc) is 2.26. The molecule has 1 N–H and O–H groups in total. The van der Waals surface area contributed by atoms with E-state index in [0.717, 1.165) is 4.90 Å². The molecule has 0 fully saturated rings. The standard InChI is InChI=1S/C12H15FO2S/c1-16-10-6-7-11(13)9(8-10)4-2-3-5-12(14)15/h6-8H,2-5H2,1H3,(H,14,15). The van der Waals surface area contributed by atoms with Crippen molar-refractivity contribution in [1.82, 2.24) is 0 Å². The molecule has 88 valence electrons. The summed E-state index contributed by atoms with van der Waals surface area (Å²) in [6.07, 6.45) is 4.01. The summed E-state index contributed by atoms with van der Waals surface area (Å²) in [5.74, 6) is -0.994. The first-order chi connectivity index (χ1) is 7.63. The number of aryl methyl sites for hydroxylation is 1. The van der Waals surface area contributed by atoms with Crippen molar-refractivity contribution >= 4 is 17.7 Å². The van der Waals surface area contributed by atoms with Crippen LogP contribution in [-0.4, -0.2) is 17.3 Å². The molecular weight excluding hydrogens is 227 g/mol. The average molecular weight is 242 g/mol. The Labute approximate surface area is 98.9 Å². The van der Waals surface area contributed by atoms with Crippen LogP contribution < -0.4 is 0 Å². The predicted octanol–water partition coefficient (Wildman–Crippen LogP) is 3.35. The molecule has 0 heterocycles. The largest absolute Gasteiger partial charge is 0.481 e. The van der Waals surface area contributed by atoms with Crippen molar-refractivity contribution in [2.45, 2.75) is 30.6 Å². The Morgan fingerprint density at radius 1 is 1.44 bits per heavy atom. The summed E-state index contributed by atoms with van der Waals surface area (Å²) >= 11 is 1.57. The molecule has 0 saturated heterocycles. The zero-order valence-electron chi connectivity index (χ0n) is 9.20. The molecule has 1 aromatic rings. The van der Waals surface area contributed by atoms with E-state index >= 15 is 0 Å². The van der Waals surface area contributed by atoms with Crippen LogP contribution in [0.1, 0.15) is 24.8 Å². The number of rotatable bonds is 6. The summed E-state index contributed by atoms with van der Waals surface area (Å²) in [6, 6.07) is 5.06. The maximum atomic E-state index is 13.4. The molecule has 0 atom stereocenters. The van der Waals surface area contributed by atoms with Crippen LogP contribution >= 0.6 is 11.8 Å². The molecule has 0 aromatic heterocycles. The number of benzene rings is 1. The molecule has 0 aliphatic rings. The van der Waals surface area contributed by atoms with Gasteiger partial charge in [0, 0.05) is 11.3 Å². The Morgan fingerprint density at radius 3 is 2.81 bits per heavy atom. The lowest BCUT2D eigenvalue weighted by atomic mass is 10.1. The van der Waals surface area contributed by atoms with Crippen molar-refractivity contribution in [2.24, 2.45) is 0 Å². The van der Waals surface area contributed by atoms with Gasteiger partial charge in [-0.25, -0.2) is 4.39 Å². The van der Waals surface area contributed by atoms with Crippen molar-refractivity contribution in [3.8, 4) is 0 Å². The number of hydrogen-bond acceptors (Lipinski definition) is 2. The van der Waals surface area contributed by atoms with Gasteiger partial charge in [0.25, 0.3) is 0 Å². The van der Waals surface area contributed by atoms with Gasteiger partial charge >= 0.3 is 5.97 Å². The highest BCUT2D eigenvalue weighted by Gasteiger charge is 2.04. The minimum Gasteiger partial charge on any atom is -0.481 e. The highest BCUT2D eigenvalue weighted by atomic mass is 32.2. The number of hydrogen-bond donors (Lipinski definition) is 1. The van der Waals surface area contributed by atoms with E-state index in [1.54, 1.807) is 17.8 Å². The van der Waals surface area contributed by atoms with Crippen LogP contribution in [-0.2, 0) is 11.2 Å². The lowest BCUT2D eigenvalue weighted by molar-refractivity contribution is -0.137. The van der Waals surface area contributed by atoms with Crippen LogP contribution in [0.5, 0.6) is 0 Å². The third-order valence-corrected chi connectivity index (χ3v) is 3.06. The van der Waals surface area contributed by atoms with Gasteiger partial charge in [-0.3, -0.25) is 4.79 Å². The molecule has 0 saturated carbocycles. The molecule has 0 aliphatic heterocycles. The van der Waals surface area contributed by atoms with E-state index in [0.29, 0.717) is 24.8 Å². The van der Waals surface area contributed by atoms with E-state index in [2.05, 4.69) is 0 Å². The Bertz CT molecular complexity index is 366. The van der Waals surface area contributed by atoms with E-state index in [4.69, 9.17) is 5.11 Å². The van der Waals surface area contributed by atoms with Gasteiger partial charge in [0.05, 0.1) is 0 Å². The number of thioether (sulfide) groups is 1. The first-order valence-corrected chi connectivity index (χ1v) is 6.40. The van der Waals surface area contributed by atoms with Gasteiger partial charge in [0.2, 0.25) is 0 Å². The summed E-state index contributed by atoms with van der Waals surface area (Å²) in [5.41, 5.74) is 0.678. The van der Waals surface area contributed by atoms with E-state index in [-0.39, 0.29) is 12.2 Å². The van der Waals surface area contributed by atoms with Crippen LogP contribution in [0.4, 0.5) is 4.39 Å². The summed E-state index contributed by atoms with van der Waals surface area (Å²) in [4.78, 5) is 11.3. The monoisotopic (exact) mass is 242 g/mol. The summed E-state index contributed by atoms with van der Waals surface area (Å²) < 4.78 is 13.4. The first kappa shape index (κ1) is 13.0. The van der Waals surface area contributed by atoms with Crippen molar-refractivity contribution in [3.05, 3.63) is 29.6 Å². The number of aliphatic carboxylic acids is 1. The maximum Gasteiger partial charge on any atom is 0.303 e. The number of carboxylic acid groups (broad SMARTS) is 1. The molecule has 0 spiro atoms. The van der Waals surface area contributed by atoms with Crippen molar-refractivity contribution in [3.63, 3.8) is 0 Å². The Morgan fingerprint density at radius 2 is 2.19 bits per heavy atom. The van der Waals surface area contributed by atoms with Crippen LogP contribution in [0.2, 0.25) is 0 Å². The molecule has 0 bridgehead atoms. The van der Waals surface area contributed by atoms with Crippen LogP contribution in [0.3, 0.4) is 0 Å². The fraction of sp³-hybridized carbons (Fsp3) is 0.417. The summed E-state index contributed by atoms with van der Waals surface area (Å²) in [6.45, 7) is 0. The van der Waals surface area contributed by atoms with Gasteiger partial charge in [-0.2, -0.15) is 0 Å². The number of carbonyl (C=O) groups is 1. The lowest BCUT2D eigenvalue weighted by Crippen LogP contribution is -1.96. The Hall–Kier alpha value is -1.03. The molecule has 0 unspecified atom stereocenters. The van der Waals surface area contributed by atoms with Gasteiger partial charge < -0.3 is 5.11 Å². The van der Waals surface area contributed by atoms with Crippen LogP contribution in [0.25, 0.3) is 0 Å². The molecular formula is C12H15FO2S. The van der Waals surface area contributed by atoms with Gasteiger partial charge in [-0.1, -0.05) is 0 Å². The summed E-state index contributed by atoms with van der Waals surface area (Å²) in [7, 11) is 0. The second-order valence-electron chi connectivity index (χ2n) is 3.56. The normalized spacial score (nSPS) is 10.4. The summed E-state index contributed by atoms with van der Waals surface area (Å²) in [5, 5.41) is 8.47. The second kappa shape index (κ2) is 6.53. The van der Waals surface area contributed by atoms with Crippen molar-refractivity contribution in [2.75, 3.05) is 6.26 Å². The third-order valence-electron chi connectivity index (χ3n) is 2.34. The highest BCUT2D eigenvalue weighted by molar-refractivity contribution is 7.98. The second-order valence-corrected chi connectivity index (χ2v) is 4.44. The smallest absolute Gasteiger partial charge is 0.303 e. The Kier molecular flexibility index (Phi) is 5.32. The van der Waals surface area contributed by atoms with Gasteiger partial charge in [0.15, 0.2) is 0 Å². The number of carboxylic acids is 1. The molecule has 0 aliphatic carbocycles. The van der Waals surface area contributed by atoms with Gasteiger partial charge in [-0.05, 0) is 49.3 Å². The fourth-order valence-corrected chi connectivity index (χ4v) is 1.93. The number of halogens is 1. The molecule has 1 aromatic carbocycles. The number of unbranched alkanes of at least 4 members (excludes halogenated alkanes) is 1. The zero-order valence-corrected chi connectivity index (χ0v) is 10.0. The van der Waals surface area contributed by atoms with E-state index in [1.807, 2.05) is 12.3 Å². The van der Waals surface area contributed by atoms with Crippen molar-refractivity contribution in [1.29, 1.82) is 0 Å². The minimum atomic E-state index is -0.793. The van der Waals surface area contributed by atoms with Crippen LogP contribution in [0.15, 0.2) is 23.1 Å². The van der Waals surface area contributed by atoms with Crippen molar-refractivity contribution < 1.29 is 14.3 Å². The van der Waals surface area contributed by atoms with E-state index in [9.17, 15) is 9.18 Å². The van der Waals surface area contributed by atoms with E-state index < -0.39 is 5.97 Å². The van der Waals surface area contributed by atoms with Gasteiger partial charge in [0.1, 0.15) is 5.82 Å². The molecule has 16 heavy (non-hydrogen) atoms. The molecule has 0 radical (unpaired) electrons. The predicted molar refractivity (Wildman–Crippen MR) is 63.4 cm³/mol. The third kappa shape index (κ3) is 4.23. The van der Waals surface area contributed by atoms with E-state index in [1.165, 1.54) is 6.07 Å². The SMILES string of the molecule is CSc1ccc(F)c(CCCCC(=O)O)c1. The lowest BCUT2D eigenvalue weighted by Gasteiger charge is -2.04. The quantitative estimate of drug-likeness (QED) is 0.614. The molecule has 4 heteroatoms. The molecule has 1 rings (SSSR count). The first-order valence-electron chi connectivity index (χ1n) is 5.17. The molecule has 0 amide bonds. The minimum absolute atomic E-state index is 0.157.